The number of hydrogen-bond acceptors (Lipinski definition) is 4. The molecule has 1 aliphatic rings. The Morgan fingerprint density at radius 3 is 3.07 bits per heavy atom. The lowest BCUT2D eigenvalue weighted by atomic mass is 9.99. The third-order valence-electron chi connectivity index (χ3n) is 2.70. The van der Waals surface area contributed by atoms with Crippen LogP contribution in [0.3, 0.4) is 0 Å². The maximum absolute atomic E-state index is 5.50. The number of hydrogen-bond donors (Lipinski definition) is 1. The first-order chi connectivity index (χ1) is 7.45. The second-order valence-electron chi connectivity index (χ2n) is 3.62. The van der Waals surface area contributed by atoms with Crippen LogP contribution in [0.1, 0.15) is 22.9 Å². The molecule has 1 atom stereocenters. The van der Waals surface area contributed by atoms with Gasteiger partial charge in [0.25, 0.3) is 0 Å². The molecule has 0 radical (unpaired) electrons. The molecule has 0 saturated carbocycles. The Hall–Kier alpha value is -1.68. The van der Waals surface area contributed by atoms with Crippen molar-refractivity contribution in [2.45, 2.75) is 12.5 Å². The second kappa shape index (κ2) is 3.47. The van der Waals surface area contributed by atoms with Gasteiger partial charge in [0.05, 0.1) is 12.3 Å². The van der Waals surface area contributed by atoms with Gasteiger partial charge in [-0.25, -0.2) is 9.97 Å². The molecule has 0 spiro atoms. The fourth-order valence-corrected chi connectivity index (χ4v) is 1.98. The zero-order valence-electron chi connectivity index (χ0n) is 8.18. The van der Waals surface area contributed by atoms with E-state index >= 15 is 0 Å². The van der Waals surface area contributed by atoms with Gasteiger partial charge in [0.1, 0.15) is 12.1 Å². The van der Waals surface area contributed by atoms with E-state index < -0.39 is 0 Å². The molecule has 4 heteroatoms. The molecule has 0 amide bonds. The standard InChI is InChI=1S/C11H11N3O/c1-3-14-10(9-5-12-7-13-6-9)11-8(1)2-4-15-11/h2,4-7,10,14H,1,3H2. The van der Waals surface area contributed by atoms with E-state index in [-0.39, 0.29) is 6.04 Å². The first-order valence-electron chi connectivity index (χ1n) is 5.00. The predicted molar refractivity (Wildman–Crippen MR) is 54.3 cm³/mol. The van der Waals surface area contributed by atoms with E-state index in [2.05, 4.69) is 15.3 Å². The zero-order chi connectivity index (χ0) is 10.1. The summed E-state index contributed by atoms with van der Waals surface area (Å²) in [5, 5.41) is 3.40. The lowest BCUT2D eigenvalue weighted by molar-refractivity contribution is 0.424. The summed E-state index contributed by atoms with van der Waals surface area (Å²) in [7, 11) is 0. The molecular weight excluding hydrogens is 190 g/mol. The Labute approximate surface area is 87.4 Å². The van der Waals surface area contributed by atoms with Crippen LogP contribution in [0.15, 0.2) is 35.5 Å². The Kier molecular flexibility index (Phi) is 1.99. The lowest BCUT2D eigenvalue weighted by Crippen LogP contribution is -2.29. The fraction of sp³-hybridized carbons (Fsp3) is 0.273. The van der Waals surface area contributed by atoms with Crippen molar-refractivity contribution in [2.24, 2.45) is 0 Å². The maximum atomic E-state index is 5.50. The van der Waals surface area contributed by atoms with Gasteiger partial charge in [0, 0.05) is 24.5 Å². The monoisotopic (exact) mass is 201 g/mol. The second-order valence-corrected chi connectivity index (χ2v) is 3.62. The minimum absolute atomic E-state index is 0.102. The molecule has 1 N–H and O–H groups in total. The summed E-state index contributed by atoms with van der Waals surface area (Å²) in [4.78, 5) is 8.05. The van der Waals surface area contributed by atoms with Crippen LogP contribution in [0.4, 0.5) is 0 Å². The number of aromatic nitrogens is 2. The minimum Gasteiger partial charge on any atom is -0.467 e. The van der Waals surface area contributed by atoms with Crippen molar-refractivity contribution in [3.8, 4) is 0 Å². The van der Waals surface area contributed by atoms with Crippen molar-refractivity contribution in [3.05, 3.63) is 47.9 Å². The number of furan rings is 1. The largest absolute Gasteiger partial charge is 0.467 e. The van der Waals surface area contributed by atoms with Gasteiger partial charge in [-0.15, -0.1) is 0 Å². The van der Waals surface area contributed by atoms with Crippen LogP contribution in [0, 0.1) is 0 Å². The number of fused-ring (bicyclic) bond motifs is 1. The fourth-order valence-electron chi connectivity index (χ4n) is 1.98. The molecule has 2 aromatic heterocycles. The molecule has 0 aromatic carbocycles. The summed E-state index contributed by atoms with van der Waals surface area (Å²) in [6.07, 6.45) is 7.95. The highest BCUT2D eigenvalue weighted by Gasteiger charge is 2.24. The highest BCUT2D eigenvalue weighted by atomic mass is 16.3. The molecule has 3 rings (SSSR count). The van der Waals surface area contributed by atoms with Crippen molar-refractivity contribution in [1.29, 1.82) is 0 Å². The van der Waals surface area contributed by atoms with Crippen molar-refractivity contribution < 1.29 is 4.42 Å². The normalized spacial score (nSPS) is 19.9. The molecule has 2 aromatic rings. The average molecular weight is 201 g/mol. The summed E-state index contributed by atoms with van der Waals surface area (Å²) >= 11 is 0. The van der Waals surface area contributed by atoms with Crippen LogP contribution in [-0.2, 0) is 6.42 Å². The van der Waals surface area contributed by atoms with Crippen LogP contribution in [0.25, 0.3) is 0 Å². The third-order valence-corrected chi connectivity index (χ3v) is 2.70. The third kappa shape index (κ3) is 1.43. The van der Waals surface area contributed by atoms with Crippen molar-refractivity contribution in [1.82, 2.24) is 15.3 Å². The number of nitrogens with zero attached hydrogens (tertiary/aromatic N) is 2. The van der Waals surface area contributed by atoms with Crippen LogP contribution in [0.2, 0.25) is 0 Å². The van der Waals surface area contributed by atoms with E-state index in [9.17, 15) is 0 Å². The van der Waals surface area contributed by atoms with Gasteiger partial charge < -0.3 is 9.73 Å². The summed E-state index contributed by atoms with van der Waals surface area (Å²) in [5.74, 6) is 0.996. The van der Waals surface area contributed by atoms with Gasteiger partial charge in [-0.1, -0.05) is 0 Å². The van der Waals surface area contributed by atoms with E-state index in [4.69, 9.17) is 4.42 Å². The van der Waals surface area contributed by atoms with Gasteiger partial charge in [0.15, 0.2) is 0 Å². The molecule has 1 unspecified atom stereocenters. The summed E-state index contributed by atoms with van der Waals surface area (Å²) in [6, 6.07) is 2.14. The van der Waals surface area contributed by atoms with E-state index in [1.165, 1.54) is 11.9 Å². The lowest BCUT2D eigenvalue weighted by Gasteiger charge is -2.22. The van der Waals surface area contributed by atoms with Gasteiger partial charge in [0.2, 0.25) is 0 Å². The van der Waals surface area contributed by atoms with Gasteiger partial charge in [-0.2, -0.15) is 0 Å². The molecule has 1 aliphatic heterocycles. The molecular formula is C11H11N3O. The SMILES string of the molecule is c1ncc(C2NCCc3ccoc32)cn1. The molecule has 0 bridgehead atoms. The maximum Gasteiger partial charge on any atom is 0.128 e. The molecule has 0 fully saturated rings. The molecule has 3 heterocycles. The Morgan fingerprint density at radius 2 is 2.20 bits per heavy atom. The van der Waals surface area contributed by atoms with Crippen molar-refractivity contribution in [3.63, 3.8) is 0 Å². The van der Waals surface area contributed by atoms with Crippen LogP contribution in [0.5, 0.6) is 0 Å². The Balaban J connectivity index is 2.03. The topological polar surface area (TPSA) is 51.0 Å². The smallest absolute Gasteiger partial charge is 0.128 e. The predicted octanol–water partition coefficient (Wildman–Crippen LogP) is 1.30. The highest BCUT2D eigenvalue weighted by Crippen LogP contribution is 2.28. The van der Waals surface area contributed by atoms with Gasteiger partial charge >= 0.3 is 0 Å². The van der Waals surface area contributed by atoms with Crippen molar-refractivity contribution >= 4 is 0 Å². The number of rotatable bonds is 1. The molecule has 76 valence electrons. The molecule has 0 aliphatic carbocycles. The van der Waals surface area contributed by atoms with E-state index in [0.29, 0.717) is 0 Å². The van der Waals surface area contributed by atoms with Crippen LogP contribution < -0.4 is 5.32 Å². The van der Waals surface area contributed by atoms with E-state index in [1.807, 2.05) is 18.5 Å². The zero-order valence-corrected chi connectivity index (χ0v) is 8.18. The molecule has 15 heavy (non-hydrogen) atoms. The first-order valence-corrected chi connectivity index (χ1v) is 5.00. The molecule has 4 nitrogen and oxygen atoms in total. The van der Waals surface area contributed by atoms with Crippen molar-refractivity contribution in [2.75, 3.05) is 6.54 Å². The van der Waals surface area contributed by atoms with Crippen LogP contribution in [-0.4, -0.2) is 16.5 Å². The first kappa shape index (κ1) is 8.61. The average Bonchev–Trinajstić information content (AvgIpc) is 2.78. The number of nitrogens with one attached hydrogen (secondary N) is 1. The quantitative estimate of drug-likeness (QED) is 0.755. The molecule has 0 saturated heterocycles. The Bertz CT molecular complexity index is 452. The van der Waals surface area contributed by atoms with Gasteiger partial charge in [-0.3, -0.25) is 0 Å². The summed E-state index contributed by atoms with van der Waals surface area (Å²) in [5.41, 5.74) is 2.33. The van der Waals surface area contributed by atoms with Crippen LogP contribution >= 0.6 is 0 Å². The minimum atomic E-state index is 0.102. The summed E-state index contributed by atoms with van der Waals surface area (Å²) < 4.78 is 5.50. The Morgan fingerprint density at radius 1 is 1.33 bits per heavy atom. The highest BCUT2D eigenvalue weighted by molar-refractivity contribution is 5.31. The van der Waals surface area contributed by atoms with Gasteiger partial charge in [-0.05, 0) is 18.1 Å². The summed E-state index contributed by atoms with van der Waals surface area (Å²) in [6.45, 7) is 0.964. The van der Waals surface area contributed by atoms with E-state index in [1.54, 1.807) is 6.26 Å². The van der Waals surface area contributed by atoms with E-state index in [0.717, 1.165) is 24.3 Å².